The number of aromatic nitrogens is 2. The molecular weight excluding hydrogens is 487 g/mol. The lowest BCUT2D eigenvalue weighted by atomic mass is 9.86. The van der Waals surface area contributed by atoms with Crippen LogP contribution in [0.4, 0.5) is 10.1 Å². The van der Waals surface area contributed by atoms with E-state index in [0.29, 0.717) is 23.6 Å². The first kappa shape index (κ1) is 21.0. The molecule has 172 valence electrons. The summed E-state index contributed by atoms with van der Waals surface area (Å²) in [4.78, 5) is 23.0. The van der Waals surface area contributed by atoms with E-state index < -0.39 is 5.76 Å². The zero-order chi connectivity index (χ0) is 21.4. The van der Waals surface area contributed by atoms with E-state index in [4.69, 9.17) is 4.42 Å². The van der Waals surface area contributed by atoms with Crippen molar-refractivity contribution in [1.82, 2.24) is 14.9 Å². The highest BCUT2D eigenvalue weighted by Gasteiger charge is 2.44. The van der Waals surface area contributed by atoms with E-state index in [0.717, 1.165) is 61.0 Å². The maximum Gasteiger partial charge on any atom is 0.417 e. The van der Waals surface area contributed by atoms with Gasteiger partial charge < -0.3 is 14.3 Å². The summed E-state index contributed by atoms with van der Waals surface area (Å²) < 4.78 is 19.3. The van der Waals surface area contributed by atoms with Crippen LogP contribution in [0.3, 0.4) is 0 Å². The number of aryl methyl sites for hydroxylation is 1. The largest absolute Gasteiger partial charge is 0.417 e. The molecule has 2 aromatic carbocycles. The summed E-state index contributed by atoms with van der Waals surface area (Å²) >= 11 is 0. The van der Waals surface area contributed by atoms with Crippen LogP contribution in [-0.4, -0.2) is 46.6 Å². The first-order valence-corrected chi connectivity index (χ1v) is 11.5. The molecule has 2 aliphatic heterocycles. The van der Waals surface area contributed by atoms with Crippen molar-refractivity contribution in [2.24, 2.45) is 5.92 Å². The number of H-pyrrole nitrogens is 2. The number of nitrogens with one attached hydrogen (secondary N) is 2. The number of aromatic amines is 2. The van der Waals surface area contributed by atoms with Crippen LogP contribution in [-0.2, 0) is 12.8 Å². The number of para-hydroxylation sites is 1. The van der Waals surface area contributed by atoms with Gasteiger partial charge in [0.15, 0.2) is 5.58 Å². The lowest BCUT2D eigenvalue weighted by Gasteiger charge is -2.37. The minimum Gasteiger partial charge on any atom is -0.406 e. The van der Waals surface area contributed by atoms with Crippen LogP contribution < -0.4 is 10.7 Å². The zero-order valence-corrected chi connectivity index (χ0v) is 19.9. The number of likely N-dealkylation sites (tertiary alicyclic amines) is 1. The van der Waals surface area contributed by atoms with Gasteiger partial charge in [-0.1, -0.05) is 6.07 Å². The Morgan fingerprint density at radius 2 is 2.00 bits per heavy atom. The van der Waals surface area contributed by atoms with E-state index in [-0.39, 0.29) is 22.8 Å². The van der Waals surface area contributed by atoms with Gasteiger partial charge >= 0.3 is 5.76 Å². The van der Waals surface area contributed by atoms with Gasteiger partial charge in [0.1, 0.15) is 5.82 Å². The molecule has 3 atom stereocenters. The number of halogens is 2. The van der Waals surface area contributed by atoms with E-state index in [1.165, 1.54) is 23.7 Å². The van der Waals surface area contributed by atoms with Gasteiger partial charge in [0.25, 0.3) is 0 Å². The van der Waals surface area contributed by atoms with Crippen molar-refractivity contribution < 1.29 is 8.81 Å². The highest BCUT2D eigenvalue weighted by molar-refractivity contribution is 8.93. The fraction of sp³-hybridized carbons (Fsp3) is 0.400. The maximum absolute atomic E-state index is 13.8. The Morgan fingerprint density at radius 3 is 2.85 bits per heavy atom. The molecule has 3 aliphatic rings. The van der Waals surface area contributed by atoms with Gasteiger partial charge in [0.2, 0.25) is 0 Å². The molecule has 2 N–H and O–H groups in total. The SMILES string of the molecule is Br.O=c1[nH]c2cccc(N3C[C@H]4C[C@@H]3CN4CC3CCc4[nH]c5ccc(F)cc5c4C3)c2o1. The number of nitrogens with zero attached hydrogens (tertiary/aromatic N) is 2. The summed E-state index contributed by atoms with van der Waals surface area (Å²) in [5.41, 5.74) is 6.12. The molecule has 0 radical (unpaired) electrons. The minimum atomic E-state index is -0.396. The second kappa shape index (κ2) is 7.74. The van der Waals surface area contributed by atoms with Crippen molar-refractivity contribution >= 4 is 44.7 Å². The second-order valence-electron chi connectivity index (χ2n) is 9.70. The quantitative estimate of drug-likeness (QED) is 0.427. The standard InChI is InChI=1S/C25H25FN4O2.BrH/c26-15-5-7-21-19(9-15)18-8-14(4-6-20(18)27-21)11-29-12-17-10-16(29)13-30(17)23-3-1-2-22-24(23)32-25(31)28-22;/h1-3,5,7,9,14,16-17,27H,4,6,8,10-13H2,(H,28,31);1H/t14?,16-,17-;/m1./s1. The van der Waals surface area contributed by atoms with Gasteiger partial charge in [-0.25, -0.2) is 9.18 Å². The zero-order valence-electron chi connectivity index (χ0n) is 18.1. The number of fused-ring (bicyclic) bond motifs is 6. The monoisotopic (exact) mass is 512 g/mol. The average molecular weight is 513 g/mol. The van der Waals surface area contributed by atoms with Crippen LogP contribution in [0.15, 0.2) is 45.6 Å². The third-order valence-corrected chi connectivity index (χ3v) is 7.83. The van der Waals surface area contributed by atoms with Crippen LogP contribution in [0, 0.1) is 11.7 Å². The van der Waals surface area contributed by atoms with Gasteiger partial charge in [-0.15, -0.1) is 17.0 Å². The molecule has 2 saturated heterocycles. The molecule has 2 fully saturated rings. The molecule has 2 aromatic heterocycles. The molecular formula is C25H26BrFN4O2. The van der Waals surface area contributed by atoms with E-state index in [1.54, 1.807) is 6.07 Å². The molecule has 8 heteroatoms. The van der Waals surface area contributed by atoms with Crippen molar-refractivity contribution in [3.05, 3.63) is 64.0 Å². The van der Waals surface area contributed by atoms with Crippen molar-refractivity contribution in [3.8, 4) is 0 Å². The maximum atomic E-state index is 13.8. The molecule has 1 aliphatic carbocycles. The summed E-state index contributed by atoms with van der Waals surface area (Å²) in [5, 5.41) is 1.06. The predicted octanol–water partition coefficient (Wildman–Crippen LogP) is 4.39. The second-order valence-corrected chi connectivity index (χ2v) is 9.70. The third-order valence-electron chi connectivity index (χ3n) is 7.83. The van der Waals surface area contributed by atoms with Gasteiger partial charge in [0.05, 0.1) is 11.2 Å². The molecule has 0 saturated carbocycles. The Morgan fingerprint density at radius 1 is 1.09 bits per heavy atom. The Hall–Kier alpha value is -2.58. The van der Waals surface area contributed by atoms with Crippen molar-refractivity contribution in [2.45, 2.75) is 37.8 Å². The first-order valence-electron chi connectivity index (χ1n) is 11.5. The third kappa shape index (κ3) is 3.34. The van der Waals surface area contributed by atoms with Crippen LogP contribution in [0.5, 0.6) is 0 Å². The fourth-order valence-corrected chi connectivity index (χ4v) is 6.40. The number of benzene rings is 2. The van der Waals surface area contributed by atoms with Crippen molar-refractivity contribution in [2.75, 3.05) is 24.5 Å². The molecule has 7 rings (SSSR count). The van der Waals surface area contributed by atoms with Gasteiger partial charge in [-0.2, -0.15) is 0 Å². The van der Waals surface area contributed by atoms with Crippen molar-refractivity contribution in [3.63, 3.8) is 0 Å². The summed E-state index contributed by atoms with van der Waals surface area (Å²) in [5.74, 6) is 0.0441. The first-order chi connectivity index (χ1) is 15.6. The number of hydrogen-bond donors (Lipinski definition) is 2. The highest BCUT2D eigenvalue weighted by Crippen LogP contribution is 2.39. The van der Waals surface area contributed by atoms with Crippen LogP contribution >= 0.6 is 17.0 Å². The van der Waals surface area contributed by atoms with Gasteiger partial charge in [0, 0.05) is 48.3 Å². The Kier molecular flexibility index (Phi) is 4.92. The number of rotatable bonds is 3. The normalized spacial score (nSPS) is 24.5. The summed E-state index contributed by atoms with van der Waals surface area (Å²) in [6.45, 7) is 3.11. The molecule has 4 aromatic rings. The predicted molar refractivity (Wildman–Crippen MR) is 132 cm³/mol. The highest BCUT2D eigenvalue weighted by atomic mass is 79.9. The van der Waals surface area contributed by atoms with Gasteiger partial charge in [-0.05, 0) is 67.5 Å². The smallest absolute Gasteiger partial charge is 0.406 e. The fourth-order valence-electron chi connectivity index (χ4n) is 6.40. The van der Waals surface area contributed by atoms with E-state index in [9.17, 15) is 9.18 Å². The van der Waals surface area contributed by atoms with E-state index in [1.807, 2.05) is 18.2 Å². The topological polar surface area (TPSA) is 68.3 Å². The van der Waals surface area contributed by atoms with Crippen LogP contribution in [0.2, 0.25) is 0 Å². The number of oxazole rings is 1. The number of hydrogen-bond acceptors (Lipinski definition) is 4. The van der Waals surface area contributed by atoms with E-state index in [2.05, 4.69) is 25.8 Å². The molecule has 1 unspecified atom stereocenters. The summed E-state index contributed by atoms with van der Waals surface area (Å²) in [7, 11) is 0. The molecule has 6 nitrogen and oxygen atoms in total. The van der Waals surface area contributed by atoms with Crippen LogP contribution in [0.1, 0.15) is 24.1 Å². The lowest BCUT2D eigenvalue weighted by molar-refractivity contribution is 0.193. The molecule has 0 spiro atoms. The number of piperazine rings is 1. The molecule has 33 heavy (non-hydrogen) atoms. The van der Waals surface area contributed by atoms with Gasteiger partial charge in [-0.3, -0.25) is 9.88 Å². The average Bonchev–Trinajstić information content (AvgIpc) is 3.54. The minimum absolute atomic E-state index is 0. The lowest BCUT2D eigenvalue weighted by Crippen LogP contribution is -2.48. The summed E-state index contributed by atoms with van der Waals surface area (Å²) in [6.07, 6.45) is 4.39. The van der Waals surface area contributed by atoms with E-state index >= 15 is 0 Å². The Labute approximate surface area is 200 Å². The molecule has 0 amide bonds. The Bertz CT molecular complexity index is 1410. The number of anilines is 1. The molecule has 4 heterocycles. The van der Waals surface area contributed by atoms with Crippen LogP contribution in [0.25, 0.3) is 22.0 Å². The Balaban J connectivity index is 0.00000206. The molecule has 2 bridgehead atoms. The van der Waals surface area contributed by atoms with Crippen molar-refractivity contribution in [1.29, 1.82) is 0 Å². The summed E-state index contributed by atoms with van der Waals surface area (Å²) in [6, 6.07) is 12.0.